The molecule has 0 unspecified atom stereocenters. The van der Waals surface area contributed by atoms with Crippen LogP contribution in [0.25, 0.3) is 0 Å². The first-order valence-electron chi connectivity index (χ1n) is 7.13. The zero-order valence-corrected chi connectivity index (χ0v) is 13.3. The number of anilines is 2. The number of nitrogens with two attached hydrogens (primary N) is 1. The molecule has 6 N–H and O–H groups in total. The van der Waals surface area contributed by atoms with E-state index in [1.165, 1.54) is 25.1 Å². The number of phenolic OH excluding ortho intramolecular Hbond substituents is 1. The molecule has 1 amide bonds. The molecule has 0 fully saturated rings. The third-order valence-electron chi connectivity index (χ3n) is 3.00. The van der Waals surface area contributed by atoms with Gasteiger partial charge in [0.2, 0.25) is 0 Å². The van der Waals surface area contributed by atoms with E-state index in [2.05, 4.69) is 25.7 Å². The van der Waals surface area contributed by atoms with Gasteiger partial charge in [0, 0.05) is 11.8 Å². The van der Waals surface area contributed by atoms with Crippen molar-refractivity contribution in [3.63, 3.8) is 0 Å². The molecule has 0 heterocycles. The number of nitrogens with one attached hydrogen (secondary N) is 3. The van der Waals surface area contributed by atoms with Crippen LogP contribution in [0.15, 0.2) is 53.6 Å². The Morgan fingerprint density at radius 3 is 2.56 bits per heavy atom. The van der Waals surface area contributed by atoms with Crippen LogP contribution in [0.3, 0.4) is 0 Å². The predicted molar refractivity (Wildman–Crippen MR) is 93.5 cm³/mol. The minimum Gasteiger partial charge on any atom is -0.506 e. The summed E-state index contributed by atoms with van der Waals surface area (Å²) in [6.45, 7) is 1.43. The molecule has 130 valence electrons. The Labute approximate surface area is 143 Å². The van der Waals surface area contributed by atoms with Crippen molar-refractivity contribution >= 4 is 28.7 Å². The molecule has 0 saturated heterocycles. The molecule has 0 radical (unpaired) electrons. The van der Waals surface area contributed by atoms with Gasteiger partial charge in [-0.05, 0) is 31.2 Å². The Balaban J connectivity index is 2.14. The quantitative estimate of drug-likeness (QED) is 0.225. The number of benzene rings is 2. The summed E-state index contributed by atoms with van der Waals surface area (Å²) in [5.41, 5.74) is 3.14. The summed E-state index contributed by atoms with van der Waals surface area (Å²) in [7, 11) is 0. The van der Waals surface area contributed by atoms with Crippen LogP contribution in [0.4, 0.5) is 11.4 Å². The lowest BCUT2D eigenvalue weighted by molar-refractivity contribution is -0.211. The van der Waals surface area contributed by atoms with Crippen LogP contribution in [-0.2, 0) is 9.78 Å². The molecule has 2 aromatic rings. The van der Waals surface area contributed by atoms with Crippen molar-refractivity contribution in [1.29, 1.82) is 5.41 Å². The number of hydrogen-bond donors (Lipinski definition) is 5. The minimum absolute atomic E-state index is 0.0445. The minimum atomic E-state index is -0.554. The number of para-hydroxylation sites is 1. The topological polar surface area (TPSA) is 142 Å². The smallest absolute Gasteiger partial charge is 0.277 e. The Morgan fingerprint density at radius 2 is 1.96 bits per heavy atom. The Kier molecular flexibility index (Phi) is 6.04. The van der Waals surface area contributed by atoms with E-state index >= 15 is 0 Å². The number of phenols is 1. The predicted octanol–water partition coefficient (Wildman–Crippen LogP) is 2.02. The molecule has 0 aliphatic carbocycles. The van der Waals surface area contributed by atoms with Crippen molar-refractivity contribution < 1.29 is 19.8 Å². The first kappa shape index (κ1) is 17.9. The maximum Gasteiger partial charge on any atom is 0.277 e. The van der Waals surface area contributed by atoms with Crippen molar-refractivity contribution in [2.24, 2.45) is 11.0 Å². The van der Waals surface area contributed by atoms with Gasteiger partial charge in [0.25, 0.3) is 5.91 Å². The fourth-order valence-electron chi connectivity index (χ4n) is 1.85. The third kappa shape index (κ3) is 5.03. The summed E-state index contributed by atoms with van der Waals surface area (Å²) in [4.78, 5) is 20.8. The maximum absolute atomic E-state index is 12.3. The lowest BCUT2D eigenvalue weighted by atomic mass is 10.2. The molecule has 0 aliphatic rings. The fraction of sp³-hybridized carbons (Fsp3) is 0.0625. The average molecular weight is 343 g/mol. The highest BCUT2D eigenvalue weighted by atomic mass is 17.3. The van der Waals surface area contributed by atoms with Gasteiger partial charge in [0.15, 0.2) is 11.5 Å². The summed E-state index contributed by atoms with van der Waals surface area (Å²) < 4.78 is 0. The van der Waals surface area contributed by atoms with Crippen LogP contribution in [0.1, 0.15) is 6.92 Å². The van der Waals surface area contributed by atoms with E-state index in [0.717, 1.165) is 0 Å². The number of aromatic hydroxyl groups is 1. The Morgan fingerprint density at radius 1 is 1.24 bits per heavy atom. The Hall–Kier alpha value is -3.43. The number of nitrogens with zero attached hydrogens (tertiary/aromatic N) is 1. The van der Waals surface area contributed by atoms with Gasteiger partial charge in [0.05, 0.1) is 11.4 Å². The van der Waals surface area contributed by atoms with Crippen LogP contribution in [0, 0.1) is 5.41 Å². The molecule has 0 bridgehead atoms. The lowest BCUT2D eigenvalue weighted by Crippen LogP contribution is -2.29. The van der Waals surface area contributed by atoms with Gasteiger partial charge < -0.3 is 20.7 Å². The van der Waals surface area contributed by atoms with E-state index in [0.29, 0.717) is 5.69 Å². The molecule has 9 heteroatoms. The first-order chi connectivity index (χ1) is 12.0. The Bertz CT molecular complexity index is 792. The molecule has 0 aromatic heterocycles. The molecule has 0 saturated carbocycles. The maximum atomic E-state index is 12.3. The molecule has 0 aliphatic heterocycles. The number of hydrogen-bond acceptors (Lipinski definition) is 8. The average Bonchev–Trinajstić information content (AvgIpc) is 2.57. The van der Waals surface area contributed by atoms with Gasteiger partial charge in [-0.2, -0.15) is 11.0 Å². The molecule has 25 heavy (non-hydrogen) atoms. The summed E-state index contributed by atoms with van der Waals surface area (Å²) in [6, 6.07) is 12.9. The summed E-state index contributed by atoms with van der Waals surface area (Å²) in [6.07, 6.45) is 0. The van der Waals surface area contributed by atoms with Crippen LogP contribution in [0.2, 0.25) is 0 Å². The van der Waals surface area contributed by atoms with Gasteiger partial charge in [-0.25, -0.2) is 0 Å². The van der Waals surface area contributed by atoms with E-state index in [4.69, 9.17) is 11.3 Å². The normalized spacial score (nSPS) is 10.9. The van der Waals surface area contributed by atoms with Crippen LogP contribution in [0.5, 0.6) is 11.5 Å². The summed E-state index contributed by atoms with van der Waals surface area (Å²) >= 11 is 0. The SMILES string of the molecule is CC(=N)C(=NNc1ccc(OON)cc1O)C(=O)Nc1ccccc1. The second kappa shape index (κ2) is 8.43. The number of carbonyl (C=O) groups is 1. The zero-order valence-electron chi connectivity index (χ0n) is 13.3. The summed E-state index contributed by atoms with van der Waals surface area (Å²) in [5, 5.41) is 24.1. The largest absolute Gasteiger partial charge is 0.506 e. The number of rotatable bonds is 7. The fourth-order valence-corrected chi connectivity index (χ4v) is 1.85. The highest BCUT2D eigenvalue weighted by Crippen LogP contribution is 2.28. The van der Waals surface area contributed by atoms with Crippen molar-refractivity contribution in [2.75, 3.05) is 10.7 Å². The first-order valence-corrected chi connectivity index (χ1v) is 7.13. The molecular weight excluding hydrogens is 326 g/mol. The second-order valence-electron chi connectivity index (χ2n) is 4.88. The van der Waals surface area contributed by atoms with E-state index in [9.17, 15) is 9.90 Å². The van der Waals surface area contributed by atoms with Crippen molar-refractivity contribution in [3.8, 4) is 11.5 Å². The number of amides is 1. The van der Waals surface area contributed by atoms with E-state index in [1.54, 1.807) is 24.3 Å². The number of hydrazone groups is 1. The third-order valence-corrected chi connectivity index (χ3v) is 3.00. The van der Waals surface area contributed by atoms with Crippen LogP contribution < -0.4 is 21.5 Å². The molecule has 2 aromatic carbocycles. The molecule has 0 atom stereocenters. The van der Waals surface area contributed by atoms with Crippen molar-refractivity contribution in [2.45, 2.75) is 6.92 Å². The van der Waals surface area contributed by atoms with Crippen molar-refractivity contribution in [1.82, 2.24) is 0 Å². The van der Waals surface area contributed by atoms with Crippen LogP contribution in [-0.4, -0.2) is 22.4 Å². The van der Waals surface area contributed by atoms with Gasteiger partial charge in [-0.1, -0.05) is 23.2 Å². The second-order valence-corrected chi connectivity index (χ2v) is 4.88. The van der Waals surface area contributed by atoms with E-state index in [-0.39, 0.29) is 28.6 Å². The monoisotopic (exact) mass is 343 g/mol. The summed E-state index contributed by atoms with van der Waals surface area (Å²) in [5.74, 6) is 4.19. The van der Waals surface area contributed by atoms with Gasteiger partial charge >= 0.3 is 0 Å². The zero-order chi connectivity index (χ0) is 18.2. The molecule has 0 spiro atoms. The highest BCUT2D eigenvalue weighted by molar-refractivity contribution is 6.67. The van der Waals surface area contributed by atoms with Gasteiger partial charge in [-0.15, -0.1) is 0 Å². The standard InChI is InChI=1S/C16H17N5O4/c1-10(17)15(16(23)19-11-5-3-2-4-6-11)21-20-13-8-7-12(24-25-18)9-14(13)22/h2-9,17,20,22H,18H2,1H3,(H,19,23). The van der Waals surface area contributed by atoms with E-state index in [1.807, 2.05) is 6.07 Å². The van der Waals surface area contributed by atoms with Crippen LogP contribution >= 0.6 is 0 Å². The van der Waals surface area contributed by atoms with E-state index < -0.39 is 5.91 Å². The van der Waals surface area contributed by atoms with Gasteiger partial charge in [0.1, 0.15) is 5.75 Å². The van der Waals surface area contributed by atoms with Gasteiger partial charge in [-0.3, -0.25) is 10.2 Å². The number of carbonyl (C=O) groups excluding carboxylic acids is 1. The van der Waals surface area contributed by atoms with Crippen molar-refractivity contribution in [3.05, 3.63) is 48.5 Å². The highest BCUT2D eigenvalue weighted by Gasteiger charge is 2.15. The lowest BCUT2D eigenvalue weighted by Gasteiger charge is -2.09. The molecule has 2 rings (SSSR count). The molecular formula is C16H17N5O4. The molecule has 9 nitrogen and oxygen atoms in total.